The zero-order valence-electron chi connectivity index (χ0n) is 13.0. The van der Waals surface area contributed by atoms with Gasteiger partial charge in [-0.25, -0.2) is 0 Å². The van der Waals surface area contributed by atoms with E-state index in [-0.39, 0.29) is 12.5 Å². The summed E-state index contributed by atoms with van der Waals surface area (Å²) >= 11 is 0. The van der Waals surface area contributed by atoms with E-state index in [0.717, 1.165) is 18.4 Å². The lowest BCUT2D eigenvalue weighted by Crippen LogP contribution is -2.12. The Labute approximate surface area is 130 Å². The smallest absolute Gasteiger partial charge is 0.307 e. The maximum Gasteiger partial charge on any atom is 0.307 e. The van der Waals surface area contributed by atoms with Gasteiger partial charge in [0.25, 0.3) is 0 Å². The third-order valence-corrected chi connectivity index (χ3v) is 3.94. The number of benzene rings is 1. The molecule has 5 nitrogen and oxygen atoms in total. The lowest BCUT2D eigenvalue weighted by molar-refractivity contribution is -0.140. The molecule has 0 aliphatic heterocycles. The molecule has 0 amide bonds. The number of ether oxygens (including phenoxy) is 3. The van der Waals surface area contributed by atoms with Gasteiger partial charge in [0.2, 0.25) is 0 Å². The van der Waals surface area contributed by atoms with Gasteiger partial charge in [0.1, 0.15) is 0 Å². The van der Waals surface area contributed by atoms with Crippen molar-refractivity contribution in [1.29, 1.82) is 5.26 Å². The largest absolute Gasteiger partial charge is 0.493 e. The molecule has 5 heteroatoms. The lowest BCUT2D eigenvalue weighted by Gasteiger charge is -2.18. The zero-order valence-corrected chi connectivity index (χ0v) is 13.0. The van der Waals surface area contributed by atoms with E-state index in [1.54, 1.807) is 25.3 Å². The zero-order chi connectivity index (χ0) is 15.9. The van der Waals surface area contributed by atoms with Crippen LogP contribution in [0, 0.1) is 11.3 Å². The van der Waals surface area contributed by atoms with Crippen LogP contribution in [-0.4, -0.2) is 26.3 Å². The van der Waals surface area contributed by atoms with Crippen LogP contribution in [0.4, 0.5) is 0 Å². The van der Waals surface area contributed by atoms with Gasteiger partial charge in [0.15, 0.2) is 11.5 Å². The van der Waals surface area contributed by atoms with E-state index in [1.807, 2.05) is 0 Å². The van der Waals surface area contributed by atoms with Crippen LogP contribution in [0.1, 0.15) is 43.6 Å². The Balaban J connectivity index is 2.21. The average molecular weight is 303 g/mol. The van der Waals surface area contributed by atoms with E-state index in [9.17, 15) is 10.1 Å². The molecule has 1 fully saturated rings. The summed E-state index contributed by atoms with van der Waals surface area (Å²) in [4.78, 5) is 11.4. The Morgan fingerprint density at radius 3 is 2.64 bits per heavy atom. The summed E-state index contributed by atoms with van der Waals surface area (Å²) in [6.45, 7) is 0. The third kappa shape index (κ3) is 3.91. The molecule has 1 aromatic carbocycles. The van der Waals surface area contributed by atoms with Gasteiger partial charge in [-0.3, -0.25) is 4.79 Å². The topological polar surface area (TPSA) is 68.6 Å². The average Bonchev–Trinajstić information content (AvgIpc) is 3.05. The Hall–Kier alpha value is -2.22. The first kappa shape index (κ1) is 16.2. The summed E-state index contributed by atoms with van der Waals surface area (Å²) in [6.07, 6.45) is 4.66. The minimum absolute atomic E-state index is 0.0300. The summed E-state index contributed by atoms with van der Waals surface area (Å²) in [6, 6.07) is 7.51. The molecule has 2 rings (SSSR count). The first-order chi connectivity index (χ1) is 10.7. The predicted molar refractivity (Wildman–Crippen MR) is 80.9 cm³/mol. The number of nitrogens with zero attached hydrogens (tertiary/aromatic N) is 1. The molecule has 0 heterocycles. The molecule has 0 spiro atoms. The molecule has 1 atom stereocenters. The Bertz CT molecular complexity index is 558. The van der Waals surface area contributed by atoms with Crippen LogP contribution in [0.15, 0.2) is 18.2 Å². The highest BCUT2D eigenvalue weighted by molar-refractivity contribution is 5.71. The van der Waals surface area contributed by atoms with Crippen molar-refractivity contribution >= 4 is 5.97 Å². The molecule has 0 unspecified atom stereocenters. The standard InChI is InChI=1S/C17H21NO4/c1-20-15-8-7-12(13(11-18)10-17(19)21-2)9-16(15)22-14-5-3-4-6-14/h7-9,13-14H,3-6,10H2,1-2H3/t13-/m0/s1. The predicted octanol–water partition coefficient (Wildman–Crippen LogP) is 3.19. The highest BCUT2D eigenvalue weighted by Gasteiger charge is 2.21. The molecule has 0 N–H and O–H groups in total. The van der Waals surface area contributed by atoms with Gasteiger partial charge in [-0.15, -0.1) is 0 Å². The van der Waals surface area contributed by atoms with E-state index in [1.165, 1.54) is 20.0 Å². The number of carbonyl (C=O) groups is 1. The fourth-order valence-corrected chi connectivity index (χ4v) is 2.68. The van der Waals surface area contributed by atoms with Crippen molar-refractivity contribution in [3.05, 3.63) is 23.8 Å². The summed E-state index contributed by atoms with van der Waals surface area (Å²) in [7, 11) is 2.91. The van der Waals surface area contributed by atoms with Crippen molar-refractivity contribution < 1.29 is 19.0 Å². The molecular weight excluding hydrogens is 282 g/mol. The molecule has 1 aliphatic carbocycles. The summed E-state index contributed by atoms with van der Waals surface area (Å²) in [5.74, 6) is 0.326. The van der Waals surface area contributed by atoms with Crippen molar-refractivity contribution in [1.82, 2.24) is 0 Å². The molecule has 0 aromatic heterocycles. The number of methoxy groups -OCH3 is 2. The molecule has 1 aliphatic rings. The fraction of sp³-hybridized carbons (Fsp3) is 0.529. The summed E-state index contributed by atoms with van der Waals surface area (Å²) < 4.78 is 16.0. The van der Waals surface area contributed by atoms with Crippen LogP contribution < -0.4 is 9.47 Å². The van der Waals surface area contributed by atoms with Gasteiger partial charge in [-0.1, -0.05) is 6.07 Å². The Kier molecular flexibility index (Phi) is 5.65. The molecule has 0 saturated heterocycles. The van der Waals surface area contributed by atoms with E-state index in [0.29, 0.717) is 11.5 Å². The van der Waals surface area contributed by atoms with Crippen LogP contribution in [0.25, 0.3) is 0 Å². The van der Waals surface area contributed by atoms with E-state index >= 15 is 0 Å². The minimum atomic E-state index is -0.552. The first-order valence-electron chi connectivity index (χ1n) is 7.49. The van der Waals surface area contributed by atoms with Gasteiger partial charge in [-0.05, 0) is 43.4 Å². The quantitative estimate of drug-likeness (QED) is 0.755. The number of hydrogen-bond donors (Lipinski definition) is 0. The van der Waals surface area contributed by atoms with Gasteiger partial charge >= 0.3 is 5.97 Å². The van der Waals surface area contributed by atoms with Crippen LogP contribution >= 0.6 is 0 Å². The molecule has 1 aromatic rings. The monoisotopic (exact) mass is 303 g/mol. The number of rotatable bonds is 6. The highest BCUT2D eigenvalue weighted by Crippen LogP contribution is 2.34. The molecule has 0 bridgehead atoms. The van der Waals surface area contributed by atoms with Crippen molar-refractivity contribution in [3.8, 4) is 17.6 Å². The number of carbonyl (C=O) groups excluding carboxylic acids is 1. The Morgan fingerprint density at radius 2 is 2.05 bits per heavy atom. The molecule has 22 heavy (non-hydrogen) atoms. The number of hydrogen-bond acceptors (Lipinski definition) is 5. The number of esters is 1. The van der Waals surface area contributed by atoms with E-state index < -0.39 is 11.9 Å². The normalized spacial score (nSPS) is 15.9. The first-order valence-corrected chi connectivity index (χ1v) is 7.49. The number of nitriles is 1. The van der Waals surface area contributed by atoms with Gasteiger partial charge in [-0.2, -0.15) is 5.26 Å². The molecule has 118 valence electrons. The fourth-order valence-electron chi connectivity index (χ4n) is 2.68. The third-order valence-electron chi connectivity index (χ3n) is 3.94. The van der Waals surface area contributed by atoms with Crippen LogP contribution in [0.2, 0.25) is 0 Å². The molecular formula is C17H21NO4. The highest BCUT2D eigenvalue weighted by atomic mass is 16.5. The summed E-state index contributed by atoms with van der Waals surface area (Å²) in [5.41, 5.74) is 0.738. The van der Waals surface area contributed by atoms with Crippen molar-refractivity contribution in [3.63, 3.8) is 0 Å². The van der Waals surface area contributed by atoms with Crippen molar-refractivity contribution in [2.75, 3.05) is 14.2 Å². The molecule has 1 saturated carbocycles. The van der Waals surface area contributed by atoms with Crippen molar-refractivity contribution in [2.45, 2.75) is 44.1 Å². The second-order valence-electron chi connectivity index (χ2n) is 5.40. The van der Waals surface area contributed by atoms with E-state index in [2.05, 4.69) is 10.8 Å². The van der Waals surface area contributed by atoms with Gasteiger partial charge in [0.05, 0.1) is 38.7 Å². The van der Waals surface area contributed by atoms with Crippen molar-refractivity contribution in [2.24, 2.45) is 0 Å². The van der Waals surface area contributed by atoms with E-state index in [4.69, 9.17) is 9.47 Å². The maximum absolute atomic E-state index is 11.4. The second-order valence-corrected chi connectivity index (χ2v) is 5.40. The Morgan fingerprint density at radius 1 is 1.32 bits per heavy atom. The van der Waals surface area contributed by atoms with Gasteiger partial charge in [0, 0.05) is 0 Å². The molecule has 0 radical (unpaired) electrons. The summed E-state index contributed by atoms with van der Waals surface area (Å²) in [5, 5.41) is 9.30. The maximum atomic E-state index is 11.4. The second kappa shape index (κ2) is 7.69. The SMILES string of the molecule is COC(=O)C[C@@H](C#N)c1ccc(OC)c(OC2CCCC2)c1. The lowest BCUT2D eigenvalue weighted by atomic mass is 9.97. The van der Waals surface area contributed by atoms with Gasteiger partial charge < -0.3 is 14.2 Å². The van der Waals surface area contributed by atoms with Crippen LogP contribution in [0.5, 0.6) is 11.5 Å². The minimum Gasteiger partial charge on any atom is -0.493 e. The van der Waals surface area contributed by atoms with Crippen LogP contribution in [0.3, 0.4) is 0 Å². The van der Waals surface area contributed by atoms with Crippen LogP contribution in [-0.2, 0) is 9.53 Å².